The molecule has 0 atom stereocenters. The fraction of sp³-hybridized carbons (Fsp3) is 0.533. The highest BCUT2D eigenvalue weighted by Gasteiger charge is 2.14. The molecular formula is C15H20N2S. The van der Waals surface area contributed by atoms with Crippen LogP contribution in [0, 0.1) is 17.2 Å². The van der Waals surface area contributed by atoms with Crippen LogP contribution in [0.1, 0.15) is 37.7 Å². The van der Waals surface area contributed by atoms with E-state index >= 15 is 0 Å². The standard InChI is InChI=1S/C15H20N2S/c1-18-15-8-4-7-14(13(15)11-16)17-10-9-12-5-2-3-6-12/h4,7-8,12,17H,2-3,5-6,9-10H2,1H3. The first-order valence-corrected chi connectivity index (χ1v) is 7.88. The third-order valence-corrected chi connectivity index (χ3v) is 4.48. The van der Waals surface area contributed by atoms with E-state index in [0.29, 0.717) is 0 Å². The Kier molecular flexibility index (Phi) is 4.95. The van der Waals surface area contributed by atoms with E-state index in [-0.39, 0.29) is 0 Å². The highest BCUT2D eigenvalue weighted by Crippen LogP contribution is 2.29. The molecule has 18 heavy (non-hydrogen) atoms. The van der Waals surface area contributed by atoms with Crippen LogP contribution in [0.25, 0.3) is 0 Å². The molecule has 1 aromatic rings. The molecule has 1 aromatic carbocycles. The number of benzene rings is 1. The number of nitriles is 1. The first kappa shape index (κ1) is 13.3. The lowest BCUT2D eigenvalue weighted by Crippen LogP contribution is -2.08. The van der Waals surface area contributed by atoms with Crippen molar-refractivity contribution in [2.45, 2.75) is 37.0 Å². The predicted molar refractivity (Wildman–Crippen MR) is 78.0 cm³/mol. The Hall–Kier alpha value is -1.14. The van der Waals surface area contributed by atoms with Gasteiger partial charge < -0.3 is 5.32 Å². The van der Waals surface area contributed by atoms with Crippen molar-refractivity contribution in [2.24, 2.45) is 5.92 Å². The lowest BCUT2D eigenvalue weighted by atomic mass is 10.0. The van der Waals surface area contributed by atoms with Crippen LogP contribution >= 0.6 is 11.8 Å². The van der Waals surface area contributed by atoms with Crippen LogP contribution in [-0.4, -0.2) is 12.8 Å². The van der Waals surface area contributed by atoms with Gasteiger partial charge in [0.25, 0.3) is 0 Å². The summed E-state index contributed by atoms with van der Waals surface area (Å²) >= 11 is 1.63. The van der Waals surface area contributed by atoms with Gasteiger partial charge in [0.05, 0.1) is 11.3 Å². The first-order chi connectivity index (χ1) is 8.85. The summed E-state index contributed by atoms with van der Waals surface area (Å²) in [5.41, 5.74) is 1.78. The zero-order valence-electron chi connectivity index (χ0n) is 10.9. The van der Waals surface area contributed by atoms with Crippen molar-refractivity contribution in [3.05, 3.63) is 23.8 Å². The molecule has 1 saturated carbocycles. The van der Waals surface area contributed by atoms with Crippen molar-refractivity contribution in [1.29, 1.82) is 5.26 Å². The summed E-state index contributed by atoms with van der Waals surface area (Å²) in [7, 11) is 0. The maximum atomic E-state index is 9.24. The van der Waals surface area contributed by atoms with E-state index in [1.54, 1.807) is 11.8 Å². The van der Waals surface area contributed by atoms with Crippen LogP contribution in [0.5, 0.6) is 0 Å². The van der Waals surface area contributed by atoms with Crippen LogP contribution in [0.4, 0.5) is 5.69 Å². The largest absolute Gasteiger partial charge is 0.384 e. The monoisotopic (exact) mass is 260 g/mol. The Balaban J connectivity index is 1.94. The normalized spacial score (nSPS) is 15.6. The van der Waals surface area contributed by atoms with Gasteiger partial charge in [-0.2, -0.15) is 5.26 Å². The summed E-state index contributed by atoms with van der Waals surface area (Å²) in [6.45, 7) is 0.983. The molecule has 2 nitrogen and oxygen atoms in total. The van der Waals surface area contributed by atoms with E-state index in [4.69, 9.17) is 0 Å². The minimum Gasteiger partial charge on any atom is -0.384 e. The van der Waals surface area contributed by atoms with E-state index in [2.05, 4.69) is 11.4 Å². The highest BCUT2D eigenvalue weighted by molar-refractivity contribution is 7.98. The fourth-order valence-electron chi connectivity index (χ4n) is 2.67. The molecule has 96 valence electrons. The molecule has 1 aliphatic carbocycles. The van der Waals surface area contributed by atoms with Gasteiger partial charge in [0, 0.05) is 11.4 Å². The van der Waals surface area contributed by atoms with Crippen LogP contribution < -0.4 is 5.32 Å². The SMILES string of the molecule is CSc1cccc(NCCC2CCCC2)c1C#N. The van der Waals surface area contributed by atoms with Gasteiger partial charge in [-0.05, 0) is 30.7 Å². The summed E-state index contributed by atoms with van der Waals surface area (Å²) in [4.78, 5) is 1.06. The van der Waals surface area contributed by atoms with Crippen LogP contribution in [0.15, 0.2) is 23.1 Å². The average molecular weight is 260 g/mol. The lowest BCUT2D eigenvalue weighted by molar-refractivity contribution is 0.518. The van der Waals surface area contributed by atoms with Gasteiger partial charge in [-0.15, -0.1) is 11.8 Å². The first-order valence-electron chi connectivity index (χ1n) is 6.66. The molecule has 3 heteroatoms. The summed E-state index contributed by atoms with van der Waals surface area (Å²) in [5.74, 6) is 0.895. The smallest absolute Gasteiger partial charge is 0.102 e. The molecule has 0 aliphatic heterocycles. The quantitative estimate of drug-likeness (QED) is 0.803. The summed E-state index contributed by atoms with van der Waals surface area (Å²) in [5, 5.41) is 12.7. The number of anilines is 1. The van der Waals surface area contributed by atoms with Gasteiger partial charge in [0.15, 0.2) is 0 Å². The van der Waals surface area contributed by atoms with Gasteiger partial charge in [-0.25, -0.2) is 0 Å². The van der Waals surface area contributed by atoms with E-state index in [9.17, 15) is 5.26 Å². The second kappa shape index (κ2) is 6.70. The number of nitrogens with zero attached hydrogens (tertiary/aromatic N) is 1. The zero-order valence-corrected chi connectivity index (χ0v) is 11.7. The average Bonchev–Trinajstić information content (AvgIpc) is 2.91. The van der Waals surface area contributed by atoms with E-state index in [1.807, 2.05) is 24.5 Å². The molecule has 1 N–H and O–H groups in total. The molecule has 1 aliphatic rings. The lowest BCUT2D eigenvalue weighted by Gasteiger charge is -2.13. The molecule has 0 radical (unpaired) electrons. The van der Waals surface area contributed by atoms with Crippen molar-refractivity contribution in [1.82, 2.24) is 0 Å². The Bertz CT molecular complexity index is 431. The third kappa shape index (κ3) is 3.20. The second-order valence-electron chi connectivity index (χ2n) is 4.86. The van der Waals surface area contributed by atoms with E-state index < -0.39 is 0 Å². The predicted octanol–water partition coefficient (Wildman–Crippen LogP) is 4.27. The zero-order chi connectivity index (χ0) is 12.8. The fourth-order valence-corrected chi connectivity index (χ4v) is 3.25. The molecule has 0 saturated heterocycles. The van der Waals surface area contributed by atoms with Crippen LogP contribution in [0.2, 0.25) is 0 Å². The minimum absolute atomic E-state index is 0.788. The molecule has 0 amide bonds. The van der Waals surface area contributed by atoms with Gasteiger partial charge in [-0.1, -0.05) is 31.7 Å². The molecule has 1 fully saturated rings. The van der Waals surface area contributed by atoms with Crippen molar-refractivity contribution in [3.63, 3.8) is 0 Å². The van der Waals surface area contributed by atoms with Crippen LogP contribution in [-0.2, 0) is 0 Å². The van der Waals surface area contributed by atoms with Crippen LogP contribution in [0.3, 0.4) is 0 Å². The molecule has 0 heterocycles. The molecule has 0 spiro atoms. The third-order valence-electron chi connectivity index (χ3n) is 3.70. The Morgan fingerprint density at radius 2 is 2.17 bits per heavy atom. The van der Waals surface area contributed by atoms with E-state index in [1.165, 1.54) is 32.1 Å². The Labute approximate surface area is 114 Å². The summed E-state index contributed by atoms with van der Waals surface area (Å²) < 4.78 is 0. The summed E-state index contributed by atoms with van der Waals surface area (Å²) in [6, 6.07) is 8.34. The Morgan fingerprint density at radius 1 is 1.39 bits per heavy atom. The molecular weight excluding hydrogens is 240 g/mol. The molecule has 0 bridgehead atoms. The van der Waals surface area contributed by atoms with Gasteiger partial charge in [0.1, 0.15) is 6.07 Å². The molecule has 2 rings (SSSR count). The topological polar surface area (TPSA) is 35.8 Å². The maximum absolute atomic E-state index is 9.24. The van der Waals surface area contributed by atoms with Gasteiger partial charge in [0.2, 0.25) is 0 Å². The van der Waals surface area contributed by atoms with Crippen molar-refractivity contribution in [3.8, 4) is 6.07 Å². The Morgan fingerprint density at radius 3 is 2.83 bits per heavy atom. The van der Waals surface area contributed by atoms with E-state index in [0.717, 1.165) is 28.6 Å². The van der Waals surface area contributed by atoms with Gasteiger partial charge >= 0.3 is 0 Å². The van der Waals surface area contributed by atoms with Gasteiger partial charge in [-0.3, -0.25) is 0 Å². The number of hydrogen-bond donors (Lipinski definition) is 1. The van der Waals surface area contributed by atoms with Crippen molar-refractivity contribution < 1.29 is 0 Å². The molecule has 0 unspecified atom stereocenters. The highest BCUT2D eigenvalue weighted by atomic mass is 32.2. The van der Waals surface area contributed by atoms with Crippen molar-refractivity contribution >= 4 is 17.4 Å². The second-order valence-corrected chi connectivity index (χ2v) is 5.71. The maximum Gasteiger partial charge on any atom is 0.102 e. The number of nitrogens with one attached hydrogen (secondary N) is 1. The molecule has 0 aromatic heterocycles. The number of thioether (sulfide) groups is 1. The number of rotatable bonds is 5. The number of hydrogen-bond acceptors (Lipinski definition) is 3. The minimum atomic E-state index is 0.788. The van der Waals surface area contributed by atoms with Crippen molar-refractivity contribution in [2.75, 3.05) is 18.1 Å². The summed E-state index contributed by atoms with van der Waals surface area (Å²) in [6.07, 6.45) is 8.81.